The van der Waals surface area contributed by atoms with Crippen LogP contribution in [0.2, 0.25) is 0 Å². The lowest BCUT2D eigenvalue weighted by atomic mass is 10.1. The van der Waals surface area contributed by atoms with E-state index < -0.39 is 0 Å². The van der Waals surface area contributed by atoms with Crippen molar-refractivity contribution in [1.82, 2.24) is 9.97 Å². The van der Waals surface area contributed by atoms with Crippen molar-refractivity contribution in [2.75, 3.05) is 7.11 Å². The Morgan fingerprint density at radius 3 is 2.86 bits per heavy atom. The fourth-order valence-corrected chi connectivity index (χ4v) is 1.09. The van der Waals surface area contributed by atoms with E-state index in [0.29, 0.717) is 0 Å². The van der Waals surface area contributed by atoms with Crippen molar-refractivity contribution in [3.8, 4) is 0 Å². The number of hydrogen-bond donors (Lipinski definition) is 0. The molecule has 1 rings (SSSR count). The Morgan fingerprint density at radius 2 is 2.29 bits per heavy atom. The van der Waals surface area contributed by atoms with Crippen LogP contribution in [0.4, 0.5) is 0 Å². The molecule has 14 heavy (non-hydrogen) atoms. The fourth-order valence-electron chi connectivity index (χ4n) is 1.09. The highest BCUT2D eigenvalue weighted by atomic mass is 16.5. The molecule has 0 atom stereocenters. The molecule has 1 aromatic rings. The van der Waals surface area contributed by atoms with Gasteiger partial charge in [0.25, 0.3) is 0 Å². The van der Waals surface area contributed by atoms with Crippen LogP contribution in [0.5, 0.6) is 0 Å². The van der Waals surface area contributed by atoms with Gasteiger partial charge in [-0.05, 0) is 19.4 Å². The average Bonchev–Trinajstić information content (AvgIpc) is 2.18. The van der Waals surface area contributed by atoms with E-state index >= 15 is 0 Å². The number of methoxy groups -OCH3 is 1. The van der Waals surface area contributed by atoms with Gasteiger partial charge in [-0.2, -0.15) is 0 Å². The minimum atomic E-state index is -0.370. The van der Waals surface area contributed by atoms with Gasteiger partial charge in [0, 0.05) is 23.5 Å². The van der Waals surface area contributed by atoms with E-state index in [2.05, 4.69) is 14.7 Å². The summed E-state index contributed by atoms with van der Waals surface area (Å²) in [7, 11) is 1.35. The van der Waals surface area contributed by atoms with Gasteiger partial charge < -0.3 is 4.74 Å². The summed E-state index contributed by atoms with van der Waals surface area (Å²) in [6, 6.07) is 0. The van der Waals surface area contributed by atoms with E-state index in [1.54, 1.807) is 6.20 Å². The van der Waals surface area contributed by atoms with Crippen molar-refractivity contribution in [1.29, 1.82) is 0 Å². The monoisotopic (exact) mass is 192 g/mol. The van der Waals surface area contributed by atoms with Gasteiger partial charge in [-0.3, -0.25) is 0 Å². The molecule has 0 N–H and O–H groups in total. The smallest absolute Gasteiger partial charge is 0.330 e. The number of nitrogens with zero attached hydrogens (tertiary/aromatic N) is 2. The first-order chi connectivity index (χ1) is 6.65. The number of aromatic nitrogens is 2. The third kappa shape index (κ3) is 2.39. The van der Waals surface area contributed by atoms with Gasteiger partial charge in [-0.25, -0.2) is 14.8 Å². The molecule has 0 bridgehead atoms. The zero-order valence-electron chi connectivity index (χ0n) is 8.44. The predicted molar refractivity (Wildman–Crippen MR) is 52.4 cm³/mol. The Bertz CT molecular complexity index is 372. The molecule has 4 heteroatoms. The molecule has 1 aromatic heterocycles. The van der Waals surface area contributed by atoms with Gasteiger partial charge in [0.2, 0.25) is 0 Å². The molecule has 0 saturated carbocycles. The summed E-state index contributed by atoms with van der Waals surface area (Å²) in [5.74, 6) is -0.370. The third-order valence-electron chi connectivity index (χ3n) is 1.87. The van der Waals surface area contributed by atoms with Gasteiger partial charge in [0.15, 0.2) is 0 Å². The summed E-state index contributed by atoms with van der Waals surface area (Å²) in [4.78, 5) is 18.9. The second-order valence-electron chi connectivity index (χ2n) is 2.87. The van der Waals surface area contributed by atoms with Crippen molar-refractivity contribution in [2.45, 2.75) is 13.8 Å². The molecular weight excluding hydrogens is 180 g/mol. The normalized spacial score (nSPS) is 11.2. The molecular formula is C10H12N2O2. The van der Waals surface area contributed by atoms with E-state index in [1.807, 2.05) is 13.8 Å². The molecule has 0 saturated heterocycles. The van der Waals surface area contributed by atoms with Crippen molar-refractivity contribution in [3.05, 3.63) is 29.9 Å². The van der Waals surface area contributed by atoms with Crippen LogP contribution in [-0.2, 0) is 9.53 Å². The van der Waals surface area contributed by atoms with Gasteiger partial charge in [0.1, 0.15) is 6.33 Å². The molecule has 1 heterocycles. The van der Waals surface area contributed by atoms with E-state index in [0.717, 1.165) is 16.8 Å². The van der Waals surface area contributed by atoms with Crippen LogP contribution >= 0.6 is 0 Å². The van der Waals surface area contributed by atoms with E-state index in [4.69, 9.17) is 0 Å². The average molecular weight is 192 g/mol. The van der Waals surface area contributed by atoms with Crippen molar-refractivity contribution < 1.29 is 9.53 Å². The van der Waals surface area contributed by atoms with Crippen molar-refractivity contribution in [3.63, 3.8) is 0 Å². The molecule has 0 unspecified atom stereocenters. The highest BCUT2D eigenvalue weighted by Gasteiger charge is 2.03. The minimum absolute atomic E-state index is 0.370. The summed E-state index contributed by atoms with van der Waals surface area (Å²) < 4.78 is 4.53. The third-order valence-corrected chi connectivity index (χ3v) is 1.87. The molecule has 0 amide bonds. The molecule has 0 aliphatic rings. The van der Waals surface area contributed by atoms with Gasteiger partial charge in [-0.15, -0.1) is 0 Å². The zero-order chi connectivity index (χ0) is 10.6. The maximum atomic E-state index is 11.0. The highest BCUT2D eigenvalue weighted by Crippen LogP contribution is 2.14. The summed E-state index contributed by atoms with van der Waals surface area (Å²) in [5.41, 5.74) is 2.51. The highest BCUT2D eigenvalue weighted by molar-refractivity contribution is 5.90. The number of carbonyl (C=O) groups excluding carboxylic acids is 1. The van der Waals surface area contributed by atoms with Crippen LogP contribution < -0.4 is 0 Å². The van der Waals surface area contributed by atoms with E-state index in [1.165, 1.54) is 19.5 Å². The van der Waals surface area contributed by atoms with Crippen LogP contribution in [0.3, 0.4) is 0 Å². The second-order valence-corrected chi connectivity index (χ2v) is 2.87. The number of carbonyl (C=O) groups is 1. The first-order valence-corrected chi connectivity index (χ1v) is 4.18. The van der Waals surface area contributed by atoms with Gasteiger partial charge in [-0.1, -0.05) is 0 Å². The predicted octanol–water partition coefficient (Wildman–Crippen LogP) is 1.36. The molecule has 0 aliphatic carbocycles. The Balaban J connectivity index is 3.00. The number of rotatable bonds is 2. The Morgan fingerprint density at radius 1 is 1.57 bits per heavy atom. The lowest BCUT2D eigenvalue weighted by Crippen LogP contribution is -1.97. The summed E-state index contributed by atoms with van der Waals surface area (Å²) in [6.45, 7) is 3.69. The Kier molecular flexibility index (Phi) is 3.34. The quantitative estimate of drug-likeness (QED) is 0.524. The van der Waals surface area contributed by atoms with Crippen LogP contribution in [0.25, 0.3) is 5.57 Å². The maximum absolute atomic E-state index is 11.0. The molecule has 0 aliphatic heterocycles. The molecule has 0 fully saturated rings. The lowest BCUT2D eigenvalue weighted by Gasteiger charge is -2.02. The van der Waals surface area contributed by atoms with Gasteiger partial charge >= 0.3 is 5.97 Å². The summed E-state index contributed by atoms with van der Waals surface area (Å²) in [6.07, 6.45) is 4.58. The number of esters is 1. The molecule has 0 spiro atoms. The number of allylic oxidation sites excluding steroid dienone is 1. The van der Waals surface area contributed by atoms with Crippen LogP contribution in [0.15, 0.2) is 18.6 Å². The molecule has 0 aromatic carbocycles. The van der Waals surface area contributed by atoms with Crippen LogP contribution in [-0.4, -0.2) is 23.0 Å². The lowest BCUT2D eigenvalue weighted by molar-refractivity contribution is -0.134. The van der Waals surface area contributed by atoms with Crippen LogP contribution in [0.1, 0.15) is 18.2 Å². The van der Waals surface area contributed by atoms with Crippen molar-refractivity contribution >= 4 is 11.5 Å². The van der Waals surface area contributed by atoms with E-state index in [9.17, 15) is 4.79 Å². The first kappa shape index (κ1) is 10.4. The maximum Gasteiger partial charge on any atom is 0.330 e. The number of ether oxygens (including phenoxy) is 1. The number of aryl methyl sites for hydroxylation is 1. The number of hydrogen-bond acceptors (Lipinski definition) is 4. The fraction of sp³-hybridized carbons (Fsp3) is 0.300. The minimum Gasteiger partial charge on any atom is -0.466 e. The molecule has 0 radical (unpaired) electrons. The van der Waals surface area contributed by atoms with Gasteiger partial charge in [0.05, 0.1) is 7.11 Å². The summed E-state index contributed by atoms with van der Waals surface area (Å²) >= 11 is 0. The first-order valence-electron chi connectivity index (χ1n) is 4.18. The topological polar surface area (TPSA) is 52.1 Å². The Labute approximate surface area is 82.6 Å². The van der Waals surface area contributed by atoms with Crippen LogP contribution in [0, 0.1) is 6.92 Å². The standard InChI is InChI=1S/C10H12N2O2/c1-7(4-10(13)14-3)9-5-11-6-12-8(9)2/h4-6H,1-3H3/b7-4-. The SMILES string of the molecule is COC(=O)/C=C(/C)c1cncnc1C. The van der Waals surface area contributed by atoms with Crippen molar-refractivity contribution in [2.24, 2.45) is 0 Å². The molecule has 74 valence electrons. The Hall–Kier alpha value is -1.71. The largest absolute Gasteiger partial charge is 0.466 e. The zero-order valence-corrected chi connectivity index (χ0v) is 8.44. The van der Waals surface area contributed by atoms with E-state index in [-0.39, 0.29) is 5.97 Å². The molecule has 4 nitrogen and oxygen atoms in total. The summed E-state index contributed by atoms with van der Waals surface area (Å²) in [5, 5.41) is 0. The second kappa shape index (κ2) is 4.50.